The maximum absolute atomic E-state index is 12.0. The minimum absolute atomic E-state index is 0.147. The number of carbonyl (C=O) groups excluding carboxylic acids is 1. The van der Waals surface area contributed by atoms with Gasteiger partial charge >= 0.3 is 11.9 Å². The number of rotatable bonds is 18. The summed E-state index contributed by atoms with van der Waals surface area (Å²) in [6.07, 6.45) is 22.4. The number of quaternary nitrogens is 1. The van der Waals surface area contributed by atoms with Gasteiger partial charge in [0.15, 0.2) is 6.10 Å². The average molecular weight is 423 g/mol. The van der Waals surface area contributed by atoms with Crippen LogP contribution < -0.4 is 0 Å². The number of aliphatic carboxylic acids is 1. The lowest BCUT2D eigenvalue weighted by molar-refractivity contribution is -0.873. The summed E-state index contributed by atoms with van der Waals surface area (Å²) in [6.45, 7) is 2.71. The number of ether oxygens (including phenoxy) is 1. The van der Waals surface area contributed by atoms with E-state index in [0.717, 1.165) is 32.1 Å². The molecule has 0 spiro atoms. The van der Waals surface area contributed by atoms with E-state index in [4.69, 9.17) is 9.84 Å². The molecule has 0 aliphatic carbocycles. The molecule has 0 bridgehead atoms. The fourth-order valence-electron chi connectivity index (χ4n) is 3.02. The Morgan fingerprint density at radius 2 is 1.40 bits per heavy atom. The fraction of sp³-hybridized carbons (Fsp3) is 0.680. The van der Waals surface area contributed by atoms with Gasteiger partial charge in [-0.05, 0) is 44.9 Å². The highest BCUT2D eigenvalue weighted by atomic mass is 16.5. The Balaban J connectivity index is 3.84. The molecule has 0 radical (unpaired) electrons. The van der Waals surface area contributed by atoms with Crippen LogP contribution in [-0.4, -0.2) is 55.3 Å². The van der Waals surface area contributed by atoms with Crippen molar-refractivity contribution in [1.82, 2.24) is 0 Å². The van der Waals surface area contributed by atoms with Crippen LogP contribution in [0.4, 0.5) is 0 Å². The largest absolute Gasteiger partial charge is 0.481 e. The number of unbranched alkanes of at least 4 members (excludes halogenated alkanes) is 5. The molecule has 0 unspecified atom stereocenters. The first-order valence-corrected chi connectivity index (χ1v) is 11.4. The van der Waals surface area contributed by atoms with Crippen LogP contribution >= 0.6 is 0 Å². The summed E-state index contributed by atoms with van der Waals surface area (Å²) in [5, 5.41) is 9.00. The first kappa shape index (κ1) is 28.1. The Kier molecular flexibility index (Phi) is 16.8. The van der Waals surface area contributed by atoms with Gasteiger partial charge in [0, 0.05) is 6.42 Å². The molecule has 30 heavy (non-hydrogen) atoms. The lowest BCUT2D eigenvalue weighted by atomic mass is 10.1. The van der Waals surface area contributed by atoms with E-state index in [-0.39, 0.29) is 12.4 Å². The number of esters is 1. The molecule has 0 aromatic carbocycles. The quantitative estimate of drug-likeness (QED) is 0.134. The van der Waals surface area contributed by atoms with Crippen molar-refractivity contribution in [1.29, 1.82) is 0 Å². The van der Waals surface area contributed by atoms with Gasteiger partial charge in [0.1, 0.15) is 6.54 Å². The zero-order chi connectivity index (χ0) is 22.7. The molecule has 0 fully saturated rings. The summed E-state index contributed by atoms with van der Waals surface area (Å²) in [4.78, 5) is 23.0. The van der Waals surface area contributed by atoms with Crippen molar-refractivity contribution in [2.75, 3.05) is 27.7 Å². The topological polar surface area (TPSA) is 63.6 Å². The van der Waals surface area contributed by atoms with E-state index in [1.807, 2.05) is 21.1 Å². The molecule has 0 saturated carbocycles. The second kappa shape index (κ2) is 17.9. The van der Waals surface area contributed by atoms with Gasteiger partial charge in [-0.2, -0.15) is 0 Å². The van der Waals surface area contributed by atoms with E-state index >= 15 is 0 Å². The van der Waals surface area contributed by atoms with Crippen molar-refractivity contribution in [3.8, 4) is 0 Å². The number of hydrogen-bond acceptors (Lipinski definition) is 3. The van der Waals surface area contributed by atoms with E-state index in [0.29, 0.717) is 17.4 Å². The number of carboxylic acids is 1. The standard InChI is InChI=1S/C25H43NO4/c1-5-6-7-8-9-10-11-12-13-14-15-16-17-18-19-20-25(29)30-23(21-24(27)28)22-26(2,3)4/h9-10,12-13,15-16,23H,5-8,11,14,17-22H2,1-4H3/p+1/b10-9-,13-12-,16-15-/t23-/m0/s1. The number of nitrogens with zero attached hydrogens (tertiary/aromatic N) is 1. The third-order valence-electron chi connectivity index (χ3n) is 4.47. The highest BCUT2D eigenvalue weighted by molar-refractivity contribution is 5.71. The predicted octanol–water partition coefficient (Wildman–Crippen LogP) is 5.67. The van der Waals surface area contributed by atoms with Crippen LogP contribution in [-0.2, 0) is 14.3 Å². The maximum atomic E-state index is 12.0. The summed E-state index contributed by atoms with van der Waals surface area (Å²) < 4.78 is 5.94. The SMILES string of the molecule is CCCCC/C=C\C/C=C\C/C=C\CCCCC(=O)O[C@@H](CC(=O)O)C[N+](C)(C)C. The fourth-order valence-corrected chi connectivity index (χ4v) is 3.02. The number of allylic oxidation sites excluding steroid dienone is 6. The van der Waals surface area contributed by atoms with Crippen molar-refractivity contribution in [2.45, 2.75) is 83.7 Å². The third kappa shape index (κ3) is 20.8. The van der Waals surface area contributed by atoms with Crippen LogP contribution in [0.15, 0.2) is 36.5 Å². The number of carbonyl (C=O) groups is 2. The molecule has 5 heteroatoms. The molecular weight excluding hydrogens is 378 g/mol. The molecule has 0 heterocycles. The Labute approximate surface area is 184 Å². The summed E-state index contributed by atoms with van der Waals surface area (Å²) in [7, 11) is 5.86. The van der Waals surface area contributed by atoms with Gasteiger partial charge in [-0.3, -0.25) is 9.59 Å². The molecule has 0 aromatic rings. The van der Waals surface area contributed by atoms with Crippen LogP contribution in [0.1, 0.15) is 77.6 Å². The summed E-state index contributed by atoms with van der Waals surface area (Å²) >= 11 is 0. The molecule has 5 nitrogen and oxygen atoms in total. The van der Waals surface area contributed by atoms with Crippen molar-refractivity contribution >= 4 is 11.9 Å². The molecule has 172 valence electrons. The lowest BCUT2D eigenvalue weighted by Crippen LogP contribution is -2.43. The first-order chi connectivity index (χ1) is 14.2. The van der Waals surface area contributed by atoms with Crippen molar-refractivity contribution < 1.29 is 23.9 Å². The lowest BCUT2D eigenvalue weighted by Gasteiger charge is -2.28. The van der Waals surface area contributed by atoms with Crippen LogP contribution in [0, 0.1) is 0 Å². The van der Waals surface area contributed by atoms with E-state index in [2.05, 4.69) is 43.4 Å². The minimum atomic E-state index is -0.941. The molecule has 1 atom stereocenters. The third-order valence-corrected chi connectivity index (χ3v) is 4.47. The predicted molar refractivity (Wildman–Crippen MR) is 124 cm³/mol. The number of carboxylic acid groups (broad SMARTS) is 1. The van der Waals surface area contributed by atoms with Gasteiger partial charge in [-0.15, -0.1) is 0 Å². The van der Waals surface area contributed by atoms with Crippen molar-refractivity contribution in [2.24, 2.45) is 0 Å². The summed E-state index contributed by atoms with van der Waals surface area (Å²) in [5.74, 6) is -1.24. The highest BCUT2D eigenvalue weighted by Gasteiger charge is 2.24. The Hall–Kier alpha value is -1.88. The first-order valence-electron chi connectivity index (χ1n) is 11.4. The molecule has 0 saturated heterocycles. The molecule has 1 N–H and O–H groups in total. The zero-order valence-corrected chi connectivity index (χ0v) is 19.6. The van der Waals surface area contributed by atoms with E-state index in [1.165, 1.54) is 25.7 Å². The van der Waals surface area contributed by atoms with Gasteiger partial charge < -0.3 is 14.3 Å². The van der Waals surface area contributed by atoms with E-state index in [1.54, 1.807) is 0 Å². The van der Waals surface area contributed by atoms with Gasteiger partial charge in [0.25, 0.3) is 0 Å². The number of likely N-dealkylation sites (N-methyl/N-ethyl adjacent to an activating group) is 1. The van der Waals surface area contributed by atoms with Gasteiger partial charge in [0.05, 0.1) is 27.6 Å². The van der Waals surface area contributed by atoms with Crippen molar-refractivity contribution in [3.63, 3.8) is 0 Å². The van der Waals surface area contributed by atoms with Gasteiger partial charge in [-0.1, -0.05) is 56.2 Å². The van der Waals surface area contributed by atoms with Crippen LogP contribution in [0.25, 0.3) is 0 Å². The summed E-state index contributed by atoms with van der Waals surface area (Å²) in [5.41, 5.74) is 0. The van der Waals surface area contributed by atoms with E-state index in [9.17, 15) is 9.59 Å². The Bertz CT molecular complexity index is 544. The van der Waals surface area contributed by atoms with Crippen molar-refractivity contribution in [3.05, 3.63) is 36.5 Å². The molecule has 0 aliphatic heterocycles. The monoisotopic (exact) mass is 422 g/mol. The molecule has 0 aromatic heterocycles. The highest BCUT2D eigenvalue weighted by Crippen LogP contribution is 2.09. The van der Waals surface area contributed by atoms with Gasteiger partial charge in [0.2, 0.25) is 0 Å². The van der Waals surface area contributed by atoms with Crippen LogP contribution in [0.5, 0.6) is 0 Å². The average Bonchev–Trinajstić information content (AvgIpc) is 2.63. The number of hydrogen-bond donors (Lipinski definition) is 1. The maximum Gasteiger partial charge on any atom is 0.307 e. The second-order valence-corrected chi connectivity index (χ2v) is 8.81. The molecule has 0 rings (SSSR count). The molecule has 0 aliphatic rings. The zero-order valence-electron chi connectivity index (χ0n) is 19.6. The van der Waals surface area contributed by atoms with Crippen LogP contribution in [0.3, 0.4) is 0 Å². The van der Waals surface area contributed by atoms with E-state index < -0.39 is 12.1 Å². The molecule has 0 amide bonds. The molecular formula is C25H44NO4+. The van der Waals surface area contributed by atoms with Crippen LogP contribution in [0.2, 0.25) is 0 Å². The summed E-state index contributed by atoms with van der Waals surface area (Å²) in [6, 6.07) is 0. The Morgan fingerprint density at radius 1 is 0.867 bits per heavy atom. The normalized spacial score (nSPS) is 13.5. The second-order valence-electron chi connectivity index (χ2n) is 8.81. The van der Waals surface area contributed by atoms with Gasteiger partial charge in [-0.25, -0.2) is 0 Å². The smallest absolute Gasteiger partial charge is 0.307 e. The Morgan fingerprint density at radius 3 is 1.90 bits per heavy atom. The minimum Gasteiger partial charge on any atom is -0.481 e.